The minimum Gasteiger partial charge on any atom is -0.392 e. The van der Waals surface area contributed by atoms with E-state index in [4.69, 9.17) is 18.0 Å². The maximum absolute atomic E-state index is 12.4. The second-order valence-corrected chi connectivity index (χ2v) is 6.77. The molecule has 0 atom stereocenters. The molecular weight excluding hydrogens is 270 g/mol. The van der Waals surface area contributed by atoms with E-state index < -0.39 is 5.41 Å². The van der Waals surface area contributed by atoms with Gasteiger partial charge in [0, 0.05) is 19.1 Å². The lowest BCUT2D eigenvalue weighted by Gasteiger charge is -2.28. The largest absolute Gasteiger partial charge is 0.392 e. The summed E-state index contributed by atoms with van der Waals surface area (Å²) in [5, 5.41) is 3.05. The van der Waals surface area contributed by atoms with Crippen LogP contribution in [0, 0.1) is 5.41 Å². The summed E-state index contributed by atoms with van der Waals surface area (Å²) in [6, 6.07) is 0.697. The molecule has 0 bridgehead atoms. The summed E-state index contributed by atoms with van der Waals surface area (Å²) >= 11 is 5.14. The Hall–Kier alpha value is -0.680. The molecule has 2 saturated carbocycles. The first kappa shape index (κ1) is 15.7. The number of hydrogen-bond donors (Lipinski definition) is 2. The molecule has 1 amide bonds. The molecule has 0 aliphatic heterocycles. The third kappa shape index (κ3) is 3.31. The lowest BCUT2D eigenvalue weighted by Crippen LogP contribution is -2.49. The fourth-order valence-corrected chi connectivity index (χ4v) is 3.90. The molecule has 0 aromatic heterocycles. The molecule has 20 heavy (non-hydrogen) atoms. The zero-order valence-electron chi connectivity index (χ0n) is 12.5. The van der Waals surface area contributed by atoms with Gasteiger partial charge in [0.2, 0.25) is 5.91 Å². The van der Waals surface area contributed by atoms with Gasteiger partial charge in [0.25, 0.3) is 0 Å². The van der Waals surface area contributed by atoms with Crippen LogP contribution in [-0.4, -0.2) is 42.0 Å². The van der Waals surface area contributed by atoms with Crippen LogP contribution in [0.1, 0.15) is 51.4 Å². The molecule has 0 radical (unpaired) electrons. The van der Waals surface area contributed by atoms with Crippen molar-refractivity contribution in [2.45, 2.75) is 57.4 Å². The van der Waals surface area contributed by atoms with E-state index >= 15 is 0 Å². The first-order valence-corrected chi connectivity index (χ1v) is 8.25. The van der Waals surface area contributed by atoms with Gasteiger partial charge in [-0.1, -0.05) is 37.9 Å². The number of carbonyl (C=O) groups is 1. The zero-order valence-corrected chi connectivity index (χ0v) is 13.3. The van der Waals surface area contributed by atoms with Crippen molar-refractivity contribution in [1.29, 1.82) is 0 Å². The predicted octanol–water partition coefficient (Wildman–Crippen LogP) is 1.82. The van der Waals surface area contributed by atoms with Crippen LogP contribution in [0.3, 0.4) is 0 Å². The van der Waals surface area contributed by atoms with Crippen molar-refractivity contribution in [3.8, 4) is 0 Å². The van der Waals surface area contributed by atoms with Crippen LogP contribution in [0.5, 0.6) is 0 Å². The molecule has 2 aliphatic carbocycles. The van der Waals surface area contributed by atoms with Crippen molar-refractivity contribution >= 4 is 23.1 Å². The number of likely N-dealkylation sites (N-methyl/N-ethyl adjacent to an activating group) is 1. The summed E-state index contributed by atoms with van der Waals surface area (Å²) < 4.78 is 0. The van der Waals surface area contributed by atoms with Gasteiger partial charge in [-0.2, -0.15) is 0 Å². The lowest BCUT2D eigenvalue weighted by atomic mass is 9.85. The quantitative estimate of drug-likeness (QED) is 0.734. The molecule has 3 N–H and O–H groups in total. The SMILES string of the molecule is CN(CCNC(=O)C1(C(N)=S)CCCC1)C1CCCC1. The minimum absolute atomic E-state index is 0.0438. The second kappa shape index (κ2) is 6.85. The Morgan fingerprint density at radius 1 is 1.30 bits per heavy atom. The van der Waals surface area contributed by atoms with Gasteiger partial charge in [-0.05, 0) is 32.7 Å². The Morgan fingerprint density at radius 2 is 1.90 bits per heavy atom. The van der Waals surface area contributed by atoms with Gasteiger partial charge in [0.05, 0.1) is 10.4 Å². The Kier molecular flexibility index (Phi) is 5.38. The summed E-state index contributed by atoms with van der Waals surface area (Å²) in [5.74, 6) is 0.0438. The van der Waals surface area contributed by atoms with Crippen molar-refractivity contribution in [3.05, 3.63) is 0 Å². The van der Waals surface area contributed by atoms with Gasteiger partial charge in [0.15, 0.2) is 0 Å². The third-order valence-electron chi connectivity index (χ3n) is 5.06. The smallest absolute Gasteiger partial charge is 0.233 e. The Morgan fingerprint density at radius 3 is 2.45 bits per heavy atom. The van der Waals surface area contributed by atoms with Crippen molar-refractivity contribution in [2.24, 2.45) is 11.1 Å². The topological polar surface area (TPSA) is 58.4 Å². The summed E-state index contributed by atoms with van der Waals surface area (Å²) in [7, 11) is 2.15. The maximum Gasteiger partial charge on any atom is 0.233 e. The van der Waals surface area contributed by atoms with Gasteiger partial charge in [-0.3, -0.25) is 4.79 Å². The van der Waals surface area contributed by atoms with Gasteiger partial charge < -0.3 is 16.0 Å². The summed E-state index contributed by atoms with van der Waals surface area (Å²) in [6.07, 6.45) is 8.99. The number of nitrogens with one attached hydrogen (secondary N) is 1. The molecule has 0 saturated heterocycles. The first-order chi connectivity index (χ1) is 9.56. The molecule has 0 aromatic rings. The number of nitrogens with zero attached hydrogens (tertiary/aromatic N) is 1. The molecule has 0 aromatic carbocycles. The van der Waals surface area contributed by atoms with Crippen LogP contribution in [-0.2, 0) is 4.79 Å². The number of hydrogen-bond acceptors (Lipinski definition) is 3. The summed E-state index contributed by atoms with van der Waals surface area (Å²) in [5.41, 5.74) is 5.26. The molecule has 5 heteroatoms. The summed E-state index contributed by atoms with van der Waals surface area (Å²) in [4.78, 5) is 15.2. The van der Waals surface area contributed by atoms with E-state index in [0.29, 0.717) is 17.6 Å². The number of carbonyl (C=O) groups excluding carboxylic acids is 1. The number of nitrogens with two attached hydrogens (primary N) is 1. The molecule has 0 unspecified atom stereocenters. The van der Waals surface area contributed by atoms with E-state index in [9.17, 15) is 4.79 Å². The normalized spacial score (nSPS) is 22.3. The van der Waals surface area contributed by atoms with Crippen LogP contribution >= 0.6 is 12.2 Å². The van der Waals surface area contributed by atoms with Gasteiger partial charge >= 0.3 is 0 Å². The van der Waals surface area contributed by atoms with E-state index in [2.05, 4.69) is 17.3 Å². The predicted molar refractivity (Wildman–Crippen MR) is 85.6 cm³/mol. The van der Waals surface area contributed by atoms with E-state index in [1.807, 2.05) is 0 Å². The average molecular weight is 297 g/mol. The number of thiocarbonyl (C=S) groups is 1. The molecule has 4 nitrogen and oxygen atoms in total. The second-order valence-electron chi connectivity index (χ2n) is 6.33. The molecule has 2 rings (SSSR count). The molecule has 114 valence electrons. The van der Waals surface area contributed by atoms with Gasteiger partial charge in [0.1, 0.15) is 0 Å². The monoisotopic (exact) mass is 297 g/mol. The minimum atomic E-state index is -0.568. The van der Waals surface area contributed by atoms with Crippen LogP contribution in [0.15, 0.2) is 0 Å². The first-order valence-electron chi connectivity index (χ1n) is 7.85. The van der Waals surface area contributed by atoms with E-state index in [1.54, 1.807) is 0 Å². The third-order valence-corrected chi connectivity index (χ3v) is 5.45. The maximum atomic E-state index is 12.4. The van der Waals surface area contributed by atoms with Crippen molar-refractivity contribution in [2.75, 3.05) is 20.1 Å². The van der Waals surface area contributed by atoms with Gasteiger partial charge in [-0.25, -0.2) is 0 Å². The Balaban J connectivity index is 1.78. The van der Waals surface area contributed by atoms with E-state index in [-0.39, 0.29) is 5.91 Å². The molecule has 2 aliphatic rings. The van der Waals surface area contributed by atoms with Crippen molar-refractivity contribution in [3.63, 3.8) is 0 Å². The Bertz CT molecular complexity index is 360. The standard InChI is InChI=1S/C15H27N3OS/c1-18(12-6-2-3-7-12)11-10-17-14(19)15(13(16)20)8-4-5-9-15/h12H,2-11H2,1H3,(H2,16,20)(H,17,19). The summed E-state index contributed by atoms with van der Waals surface area (Å²) in [6.45, 7) is 1.60. The zero-order chi connectivity index (χ0) is 14.6. The van der Waals surface area contributed by atoms with Crippen LogP contribution in [0.4, 0.5) is 0 Å². The van der Waals surface area contributed by atoms with E-state index in [0.717, 1.165) is 32.2 Å². The molecule has 2 fully saturated rings. The highest BCUT2D eigenvalue weighted by atomic mass is 32.1. The fourth-order valence-electron chi connectivity index (χ4n) is 3.61. The van der Waals surface area contributed by atoms with Crippen molar-refractivity contribution in [1.82, 2.24) is 10.2 Å². The average Bonchev–Trinajstić information content (AvgIpc) is 3.10. The number of rotatable bonds is 6. The molecule has 0 spiro atoms. The van der Waals surface area contributed by atoms with Crippen molar-refractivity contribution < 1.29 is 4.79 Å². The Labute approximate surface area is 127 Å². The highest BCUT2D eigenvalue weighted by molar-refractivity contribution is 7.80. The van der Waals surface area contributed by atoms with Crippen LogP contribution in [0.25, 0.3) is 0 Å². The number of amides is 1. The molecule has 0 heterocycles. The molecular formula is C15H27N3OS. The highest BCUT2D eigenvalue weighted by Crippen LogP contribution is 2.38. The van der Waals surface area contributed by atoms with Gasteiger partial charge in [-0.15, -0.1) is 0 Å². The van der Waals surface area contributed by atoms with E-state index in [1.165, 1.54) is 25.7 Å². The fraction of sp³-hybridized carbons (Fsp3) is 0.867. The lowest BCUT2D eigenvalue weighted by molar-refractivity contribution is -0.127. The van der Waals surface area contributed by atoms with Crippen LogP contribution in [0.2, 0.25) is 0 Å². The highest BCUT2D eigenvalue weighted by Gasteiger charge is 2.43. The van der Waals surface area contributed by atoms with Crippen LogP contribution < -0.4 is 11.1 Å².